The molecule has 8 heteroatoms. The molecule has 5 rings (SSSR count). The Labute approximate surface area is 189 Å². The van der Waals surface area contributed by atoms with Gasteiger partial charge in [-0.15, -0.1) is 12.4 Å². The van der Waals surface area contributed by atoms with Gasteiger partial charge in [-0.25, -0.2) is 0 Å². The van der Waals surface area contributed by atoms with Gasteiger partial charge in [-0.05, 0) is 55.9 Å². The molecule has 2 amide bonds. The van der Waals surface area contributed by atoms with Crippen molar-refractivity contribution in [1.82, 2.24) is 10.6 Å². The lowest BCUT2D eigenvalue weighted by atomic mass is 9.47. The topological polar surface area (TPSA) is 111 Å². The number of methoxy groups -OCH3 is 1. The van der Waals surface area contributed by atoms with Crippen LogP contribution in [0.1, 0.15) is 44.1 Å². The predicted molar refractivity (Wildman–Crippen MR) is 118 cm³/mol. The molecule has 4 bridgehead atoms. The second kappa shape index (κ2) is 9.17. The van der Waals surface area contributed by atoms with Crippen LogP contribution in [0.15, 0.2) is 30.3 Å². The number of rotatable bonds is 7. The molecule has 31 heavy (non-hydrogen) atoms. The maximum atomic E-state index is 13.3. The molecule has 3 unspecified atom stereocenters. The summed E-state index contributed by atoms with van der Waals surface area (Å²) in [4.78, 5) is 38.0. The van der Waals surface area contributed by atoms with Crippen molar-refractivity contribution in [2.24, 2.45) is 23.0 Å². The molecule has 4 aliphatic carbocycles. The Kier molecular flexibility index (Phi) is 6.96. The lowest BCUT2D eigenvalue weighted by molar-refractivity contribution is -0.173. The highest BCUT2D eigenvalue weighted by molar-refractivity contribution is 5.89. The lowest BCUT2D eigenvalue weighted by Gasteiger charge is -2.60. The third kappa shape index (κ3) is 4.72. The highest BCUT2D eigenvalue weighted by atomic mass is 35.5. The lowest BCUT2D eigenvalue weighted by Crippen LogP contribution is -2.66. The highest BCUT2D eigenvalue weighted by Crippen LogP contribution is 2.62. The van der Waals surface area contributed by atoms with E-state index in [2.05, 4.69) is 10.6 Å². The van der Waals surface area contributed by atoms with Crippen molar-refractivity contribution in [3.8, 4) is 0 Å². The zero-order chi connectivity index (χ0) is 21.4. The molecule has 3 atom stereocenters. The van der Waals surface area contributed by atoms with E-state index in [1.807, 2.05) is 30.3 Å². The molecule has 7 nitrogen and oxygen atoms in total. The Morgan fingerprint density at radius 2 is 1.77 bits per heavy atom. The minimum atomic E-state index is -0.703. The molecular weight excluding hydrogens is 418 g/mol. The van der Waals surface area contributed by atoms with Crippen LogP contribution >= 0.6 is 12.4 Å². The first kappa shape index (κ1) is 23.5. The summed E-state index contributed by atoms with van der Waals surface area (Å²) in [6, 6.07) is 8.91. The number of ether oxygens (including phenoxy) is 1. The molecule has 170 valence electrons. The van der Waals surface area contributed by atoms with Gasteiger partial charge in [0, 0.05) is 12.0 Å². The number of halogens is 1. The second-order valence-corrected chi connectivity index (χ2v) is 9.52. The minimum Gasteiger partial charge on any atom is -0.469 e. The maximum Gasteiger partial charge on any atom is 0.311 e. The molecule has 4 saturated carbocycles. The summed E-state index contributed by atoms with van der Waals surface area (Å²) in [6.07, 6.45) is 5.61. The van der Waals surface area contributed by atoms with E-state index in [9.17, 15) is 14.4 Å². The monoisotopic (exact) mass is 449 g/mol. The molecular formula is C23H32ClN3O4. The standard InChI is InChI=1S/C23H31N3O4.ClH/c1-30-21(29)22-9-16-7-17(10-22)12-23(11-16,14-22)26-20(28)18(25-19(27)13-24)8-15-5-3-2-4-6-15;/h2-6,16-18H,7-14,24H2,1H3,(H,25,27)(H,26,28);1H. The second-order valence-electron chi connectivity index (χ2n) is 9.52. The maximum absolute atomic E-state index is 13.3. The SMILES string of the molecule is COC(=O)C12CC3CC(CC(NC(=O)C(Cc4ccccc4)NC(=O)CN)(C3)C1)C2.Cl. The minimum absolute atomic E-state index is 0. The van der Waals surface area contributed by atoms with Crippen molar-refractivity contribution in [2.75, 3.05) is 13.7 Å². The largest absolute Gasteiger partial charge is 0.469 e. The number of nitrogens with one attached hydrogen (secondary N) is 2. The summed E-state index contributed by atoms with van der Waals surface area (Å²) in [5.74, 6) is 0.145. The summed E-state index contributed by atoms with van der Waals surface area (Å²) >= 11 is 0. The van der Waals surface area contributed by atoms with Gasteiger partial charge >= 0.3 is 5.97 Å². The number of carbonyl (C=O) groups is 3. The number of nitrogens with two attached hydrogens (primary N) is 1. The van der Waals surface area contributed by atoms with E-state index in [4.69, 9.17) is 10.5 Å². The van der Waals surface area contributed by atoms with Gasteiger partial charge in [-0.2, -0.15) is 0 Å². The van der Waals surface area contributed by atoms with Crippen molar-refractivity contribution in [3.05, 3.63) is 35.9 Å². The van der Waals surface area contributed by atoms with Gasteiger partial charge in [0.25, 0.3) is 0 Å². The fraction of sp³-hybridized carbons (Fsp3) is 0.609. The van der Waals surface area contributed by atoms with E-state index in [-0.39, 0.29) is 36.7 Å². The summed E-state index contributed by atoms with van der Waals surface area (Å²) in [5.41, 5.74) is 5.55. The average molecular weight is 450 g/mol. The van der Waals surface area contributed by atoms with Gasteiger partial charge < -0.3 is 21.1 Å². The highest BCUT2D eigenvalue weighted by Gasteiger charge is 2.61. The van der Waals surface area contributed by atoms with Gasteiger partial charge in [0.2, 0.25) is 11.8 Å². The first-order valence-electron chi connectivity index (χ1n) is 10.8. The summed E-state index contributed by atoms with van der Waals surface area (Å²) in [7, 11) is 1.45. The number of amides is 2. The molecule has 1 aromatic rings. The number of hydrogen-bond donors (Lipinski definition) is 3. The van der Waals surface area contributed by atoms with Crippen LogP contribution in [-0.4, -0.2) is 43.0 Å². The summed E-state index contributed by atoms with van der Waals surface area (Å²) in [6.45, 7) is -0.167. The number of carbonyl (C=O) groups excluding carboxylic acids is 3. The Hall–Kier alpha value is -2.12. The van der Waals surface area contributed by atoms with Crippen LogP contribution in [0.4, 0.5) is 0 Å². The fourth-order valence-electron chi connectivity index (χ4n) is 6.52. The first-order valence-corrected chi connectivity index (χ1v) is 10.8. The molecule has 0 heterocycles. The molecule has 1 aromatic carbocycles. The van der Waals surface area contributed by atoms with E-state index in [1.165, 1.54) is 7.11 Å². The summed E-state index contributed by atoms with van der Waals surface area (Å²) in [5, 5.41) is 6.05. The molecule has 4 fully saturated rings. The van der Waals surface area contributed by atoms with Crippen LogP contribution in [0.2, 0.25) is 0 Å². The van der Waals surface area contributed by atoms with Gasteiger partial charge in [-0.1, -0.05) is 30.3 Å². The predicted octanol–water partition coefficient (Wildman–Crippen LogP) is 1.72. The quantitative estimate of drug-likeness (QED) is 0.549. The van der Waals surface area contributed by atoms with Crippen molar-refractivity contribution in [1.29, 1.82) is 0 Å². The van der Waals surface area contributed by atoms with E-state index < -0.39 is 17.0 Å². The Morgan fingerprint density at radius 3 is 2.35 bits per heavy atom. The Morgan fingerprint density at radius 1 is 1.13 bits per heavy atom. The molecule has 0 spiro atoms. The Balaban J connectivity index is 0.00000272. The summed E-state index contributed by atoms with van der Waals surface area (Å²) < 4.78 is 5.16. The zero-order valence-corrected chi connectivity index (χ0v) is 18.7. The molecule has 4 N–H and O–H groups in total. The van der Waals surface area contributed by atoms with Crippen molar-refractivity contribution < 1.29 is 19.1 Å². The van der Waals surface area contributed by atoms with Crippen LogP contribution in [0.5, 0.6) is 0 Å². The first-order chi connectivity index (χ1) is 14.4. The number of benzene rings is 1. The molecule has 0 aliphatic heterocycles. The third-order valence-corrected chi connectivity index (χ3v) is 7.19. The van der Waals surface area contributed by atoms with Crippen molar-refractivity contribution >= 4 is 30.2 Å². The van der Waals surface area contributed by atoms with E-state index >= 15 is 0 Å². The smallest absolute Gasteiger partial charge is 0.311 e. The van der Waals surface area contributed by atoms with Crippen LogP contribution in [0, 0.1) is 17.3 Å². The molecule has 4 aliphatic rings. The van der Waals surface area contributed by atoms with Gasteiger partial charge in [0.1, 0.15) is 6.04 Å². The van der Waals surface area contributed by atoms with Crippen LogP contribution < -0.4 is 16.4 Å². The van der Waals surface area contributed by atoms with Crippen LogP contribution in [0.3, 0.4) is 0 Å². The van der Waals surface area contributed by atoms with Crippen LogP contribution in [0.25, 0.3) is 0 Å². The van der Waals surface area contributed by atoms with Gasteiger partial charge in [0.15, 0.2) is 0 Å². The molecule has 0 saturated heterocycles. The van der Waals surface area contributed by atoms with E-state index in [0.717, 1.165) is 37.7 Å². The van der Waals surface area contributed by atoms with Crippen LogP contribution in [-0.2, 0) is 25.5 Å². The molecule has 0 aromatic heterocycles. The number of esters is 1. The van der Waals surface area contributed by atoms with Gasteiger partial charge in [0.05, 0.1) is 19.1 Å². The fourth-order valence-corrected chi connectivity index (χ4v) is 6.52. The normalized spacial score (nSPS) is 31.3. The Bertz CT molecular complexity index is 817. The zero-order valence-electron chi connectivity index (χ0n) is 17.9. The van der Waals surface area contributed by atoms with Crippen molar-refractivity contribution in [3.63, 3.8) is 0 Å². The third-order valence-electron chi connectivity index (χ3n) is 7.19. The number of hydrogen-bond acceptors (Lipinski definition) is 5. The van der Waals surface area contributed by atoms with E-state index in [1.54, 1.807) is 0 Å². The van der Waals surface area contributed by atoms with Crippen molar-refractivity contribution in [2.45, 2.75) is 56.5 Å². The van der Waals surface area contributed by atoms with Gasteiger partial charge in [-0.3, -0.25) is 14.4 Å². The average Bonchev–Trinajstić information content (AvgIpc) is 2.71. The molecule has 0 radical (unpaired) electrons. The van der Waals surface area contributed by atoms with E-state index in [0.29, 0.717) is 24.7 Å².